The molecule has 0 radical (unpaired) electrons. The first-order valence-corrected chi connectivity index (χ1v) is 7.68. The molecule has 0 spiro atoms. The summed E-state index contributed by atoms with van der Waals surface area (Å²) in [5.74, 6) is 0.291. The molecule has 0 fully saturated rings. The van der Waals surface area contributed by atoms with Gasteiger partial charge in [-0.15, -0.1) is 0 Å². The number of hydrazone groups is 1. The summed E-state index contributed by atoms with van der Waals surface area (Å²) in [5.41, 5.74) is 4.18. The standard InChI is InChI=1S/C16H14BrClN2O2/c1-11-8-14(18)6-7-15(11)22-10-16(21)20-19-9-12-2-4-13(17)5-3-12/h2-9H,10H2,1H3,(H,20,21)/b19-9-. The van der Waals surface area contributed by atoms with Gasteiger partial charge in [-0.05, 0) is 48.4 Å². The summed E-state index contributed by atoms with van der Waals surface area (Å²) in [5, 5.41) is 4.51. The van der Waals surface area contributed by atoms with Crippen LogP contribution in [-0.2, 0) is 4.79 Å². The zero-order valence-electron chi connectivity index (χ0n) is 11.8. The number of carbonyl (C=O) groups is 1. The van der Waals surface area contributed by atoms with Gasteiger partial charge in [0, 0.05) is 9.50 Å². The molecule has 1 amide bonds. The molecule has 0 saturated heterocycles. The van der Waals surface area contributed by atoms with Crippen molar-refractivity contribution < 1.29 is 9.53 Å². The molecule has 4 nitrogen and oxygen atoms in total. The van der Waals surface area contributed by atoms with E-state index in [0.717, 1.165) is 15.6 Å². The molecule has 0 heterocycles. The van der Waals surface area contributed by atoms with E-state index in [9.17, 15) is 4.79 Å². The second-order valence-electron chi connectivity index (χ2n) is 4.54. The molecule has 1 N–H and O–H groups in total. The van der Waals surface area contributed by atoms with Gasteiger partial charge in [0.1, 0.15) is 5.75 Å². The van der Waals surface area contributed by atoms with Crippen molar-refractivity contribution in [1.29, 1.82) is 0 Å². The lowest BCUT2D eigenvalue weighted by Gasteiger charge is -2.08. The van der Waals surface area contributed by atoms with Crippen LogP contribution in [0.1, 0.15) is 11.1 Å². The van der Waals surface area contributed by atoms with E-state index in [4.69, 9.17) is 16.3 Å². The van der Waals surface area contributed by atoms with Crippen LogP contribution in [-0.4, -0.2) is 18.7 Å². The molecule has 2 rings (SSSR count). The van der Waals surface area contributed by atoms with Crippen molar-refractivity contribution in [2.45, 2.75) is 6.92 Å². The third-order valence-corrected chi connectivity index (χ3v) is 3.53. The van der Waals surface area contributed by atoms with Gasteiger partial charge in [-0.2, -0.15) is 5.10 Å². The number of rotatable bonds is 5. The quantitative estimate of drug-likeness (QED) is 0.630. The Bertz CT molecular complexity index is 687. The lowest BCUT2D eigenvalue weighted by atomic mass is 10.2. The Morgan fingerprint density at radius 3 is 2.73 bits per heavy atom. The number of halogens is 2. The van der Waals surface area contributed by atoms with Crippen molar-refractivity contribution in [3.63, 3.8) is 0 Å². The van der Waals surface area contributed by atoms with Gasteiger partial charge in [0.2, 0.25) is 0 Å². The maximum Gasteiger partial charge on any atom is 0.277 e. The fraction of sp³-hybridized carbons (Fsp3) is 0.125. The van der Waals surface area contributed by atoms with Crippen LogP contribution in [0.25, 0.3) is 0 Å². The van der Waals surface area contributed by atoms with Crippen molar-refractivity contribution in [2.75, 3.05) is 6.61 Å². The monoisotopic (exact) mass is 380 g/mol. The molecule has 22 heavy (non-hydrogen) atoms. The highest BCUT2D eigenvalue weighted by atomic mass is 79.9. The maximum absolute atomic E-state index is 11.7. The van der Waals surface area contributed by atoms with Crippen molar-refractivity contribution >= 4 is 39.7 Å². The Morgan fingerprint density at radius 2 is 2.05 bits per heavy atom. The van der Waals surface area contributed by atoms with Gasteiger partial charge in [0.25, 0.3) is 5.91 Å². The van der Waals surface area contributed by atoms with Crippen LogP contribution in [0.2, 0.25) is 5.02 Å². The van der Waals surface area contributed by atoms with E-state index in [1.807, 2.05) is 31.2 Å². The molecule has 0 aromatic heterocycles. The first-order chi connectivity index (χ1) is 10.5. The molecule has 0 aliphatic carbocycles. The van der Waals surface area contributed by atoms with E-state index >= 15 is 0 Å². The topological polar surface area (TPSA) is 50.7 Å². The third-order valence-electron chi connectivity index (χ3n) is 2.77. The molecule has 0 aliphatic heterocycles. The molecule has 2 aromatic carbocycles. The number of hydrogen-bond donors (Lipinski definition) is 1. The number of aryl methyl sites for hydroxylation is 1. The lowest BCUT2D eigenvalue weighted by Crippen LogP contribution is -2.24. The van der Waals surface area contributed by atoms with Gasteiger partial charge in [-0.25, -0.2) is 5.43 Å². The van der Waals surface area contributed by atoms with Crippen molar-refractivity contribution in [2.24, 2.45) is 5.10 Å². The van der Waals surface area contributed by atoms with Crippen molar-refractivity contribution in [1.82, 2.24) is 5.43 Å². The highest BCUT2D eigenvalue weighted by Gasteiger charge is 2.04. The van der Waals surface area contributed by atoms with Crippen LogP contribution in [0.3, 0.4) is 0 Å². The number of hydrogen-bond acceptors (Lipinski definition) is 3. The molecule has 2 aromatic rings. The van der Waals surface area contributed by atoms with Gasteiger partial charge in [0.05, 0.1) is 6.21 Å². The molecule has 0 bridgehead atoms. The molecule has 0 aliphatic rings. The zero-order chi connectivity index (χ0) is 15.9. The summed E-state index contributed by atoms with van der Waals surface area (Å²) in [7, 11) is 0. The predicted molar refractivity (Wildman–Crippen MR) is 91.6 cm³/mol. The first kappa shape index (κ1) is 16.5. The second kappa shape index (κ2) is 7.96. The van der Waals surface area contributed by atoms with Gasteiger partial charge in [-0.1, -0.05) is 39.7 Å². The Balaban J connectivity index is 1.81. The first-order valence-electron chi connectivity index (χ1n) is 6.51. The largest absolute Gasteiger partial charge is 0.483 e. The fourth-order valence-corrected chi connectivity index (χ4v) is 2.17. The minimum Gasteiger partial charge on any atom is -0.483 e. The minimum atomic E-state index is -0.331. The Labute approximate surface area is 142 Å². The third kappa shape index (κ3) is 5.16. The molecular formula is C16H14BrClN2O2. The van der Waals surface area contributed by atoms with Crippen molar-refractivity contribution in [3.05, 3.63) is 63.1 Å². The Kier molecular flexibility index (Phi) is 5.98. The van der Waals surface area contributed by atoms with Crippen LogP contribution >= 0.6 is 27.5 Å². The van der Waals surface area contributed by atoms with Gasteiger partial charge < -0.3 is 4.74 Å². The van der Waals surface area contributed by atoms with Crippen LogP contribution in [0, 0.1) is 6.92 Å². The summed E-state index contributed by atoms with van der Waals surface area (Å²) in [4.78, 5) is 11.7. The van der Waals surface area contributed by atoms with E-state index in [0.29, 0.717) is 10.8 Å². The summed E-state index contributed by atoms with van der Waals surface area (Å²) in [6, 6.07) is 12.8. The predicted octanol–water partition coefficient (Wildman–Crippen LogP) is 3.94. The van der Waals surface area contributed by atoms with Crippen LogP contribution < -0.4 is 10.2 Å². The van der Waals surface area contributed by atoms with E-state index in [1.165, 1.54) is 0 Å². The van der Waals surface area contributed by atoms with Gasteiger partial charge in [-0.3, -0.25) is 4.79 Å². The molecule has 6 heteroatoms. The number of nitrogens with one attached hydrogen (secondary N) is 1. The van der Waals surface area contributed by atoms with Crippen LogP contribution in [0.5, 0.6) is 5.75 Å². The fourth-order valence-electron chi connectivity index (χ4n) is 1.68. The average Bonchev–Trinajstić information content (AvgIpc) is 2.48. The van der Waals surface area contributed by atoms with E-state index in [2.05, 4.69) is 26.5 Å². The van der Waals surface area contributed by atoms with Crippen LogP contribution in [0.15, 0.2) is 52.0 Å². The van der Waals surface area contributed by atoms with E-state index < -0.39 is 0 Å². The number of carbonyl (C=O) groups excluding carboxylic acids is 1. The maximum atomic E-state index is 11.7. The smallest absolute Gasteiger partial charge is 0.277 e. The zero-order valence-corrected chi connectivity index (χ0v) is 14.2. The highest BCUT2D eigenvalue weighted by molar-refractivity contribution is 9.10. The van der Waals surface area contributed by atoms with Crippen molar-refractivity contribution in [3.8, 4) is 5.75 Å². The summed E-state index contributed by atoms with van der Waals surface area (Å²) >= 11 is 9.21. The Hall–Kier alpha value is -1.85. The number of ether oxygens (including phenoxy) is 1. The SMILES string of the molecule is Cc1cc(Cl)ccc1OCC(=O)N/N=C\c1ccc(Br)cc1. The van der Waals surface area contributed by atoms with Gasteiger partial charge >= 0.3 is 0 Å². The highest BCUT2D eigenvalue weighted by Crippen LogP contribution is 2.21. The molecule has 0 saturated carbocycles. The summed E-state index contributed by atoms with van der Waals surface area (Å²) in [6.45, 7) is 1.75. The van der Waals surface area contributed by atoms with E-state index in [-0.39, 0.29) is 12.5 Å². The molecule has 0 atom stereocenters. The number of benzene rings is 2. The average molecular weight is 382 g/mol. The second-order valence-corrected chi connectivity index (χ2v) is 5.90. The van der Waals surface area contributed by atoms with Gasteiger partial charge in [0.15, 0.2) is 6.61 Å². The Morgan fingerprint density at radius 1 is 1.32 bits per heavy atom. The minimum absolute atomic E-state index is 0.111. The summed E-state index contributed by atoms with van der Waals surface area (Å²) in [6.07, 6.45) is 1.57. The molecule has 114 valence electrons. The summed E-state index contributed by atoms with van der Waals surface area (Å²) < 4.78 is 6.41. The number of amides is 1. The molecule has 0 unspecified atom stereocenters. The lowest BCUT2D eigenvalue weighted by molar-refractivity contribution is -0.123. The van der Waals surface area contributed by atoms with E-state index in [1.54, 1.807) is 24.4 Å². The molecular weight excluding hydrogens is 368 g/mol. The van der Waals surface area contributed by atoms with Crippen LogP contribution in [0.4, 0.5) is 0 Å². The normalized spacial score (nSPS) is 10.7. The number of nitrogens with zero attached hydrogens (tertiary/aromatic N) is 1.